The number of alkyl carbamates (subject to hydrolysis) is 1. The van der Waals surface area contributed by atoms with Crippen molar-refractivity contribution in [2.24, 2.45) is 0 Å². The summed E-state index contributed by atoms with van der Waals surface area (Å²) in [4.78, 5) is 22.5. The van der Waals surface area contributed by atoms with Gasteiger partial charge in [-0.05, 0) is 60.0 Å². The molecule has 0 saturated heterocycles. The van der Waals surface area contributed by atoms with Crippen LogP contribution in [0, 0.1) is 0 Å². The summed E-state index contributed by atoms with van der Waals surface area (Å²) in [7, 11) is 1.26. The SMILES string of the molecule is C=CC(C)=CC=CC(C)=CC=CC=C(C)C=CC=C(C)C=CC=C(C)CCC=C(C)COC(=O)NCC(=O)OC. The van der Waals surface area contributed by atoms with Crippen LogP contribution in [-0.4, -0.2) is 32.3 Å². The smallest absolute Gasteiger partial charge is 0.407 e. The number of nitrogens with one attached hydrogen (secondary N) is 1. The van der Waals surface area contributed by atoms with Gasteiger partial charge in [-0.3, -0.25) is 4.79 Å². The molecular formula is C35H47NO4. The second-order valence-electron chi connectivity index (χ2n) is 9.42. The van der Waals surface area contributed by atoms with Crippen molar-refractivity contribution in [2.75, 3.05) is 20.3 Å². The summed E-state index contributed by atoms with van der Waals surface area (Å²) in [5.41, 5.74) is 6.86. The maximum atomic E-state index is 11.5. The monoisotopic (exact) mass is 545 g/mol. The summed E-state index contributed by atoms with van der Waals surface area (Å²) in [6.45, 7) is 16.0. The molecule has 0 aliphatic rings. The molecule has 0 aromatic rings. The molecule has 0 spiro atoms. The molecule has 0 atom stereocenters. The van der Waals surface area contributed by atoms with Crippen molar-refractivity contribution < 1.29 is 19.1 Å². The van der Waals surface area contributed by atoms with E-state index < -0.39 is 12.1 Å². The number of carbonyl (C=O) groups is 2. The molecule has 216 valence electrons. The molecule has 0 rings (SSSR count). The molecule has 5 nitrogen and oxygen atoms in total. The molecule has 0 aromatic carbocycles. The molecule has 0 unspecified atom stereocenters. The number of carbonyl (C=O) groups excluding carboxylic acids is 2. The Morgan fingerprint density at radius 3 is 1.73 bits per heavy atom. The van der Waals surface area contributed by atoms with Gasteiger partial charge in [-0.1, -0.05) is 126 Å². The number of methoxy groups -OCH3 is 1. The Labute approximate surface area is 242 Å². The van der Waals surface area contributed by atoms with Crippen LogP contribution < -0.4 is 5.32 Å². The number of esters is 1. The highest BCUT2D eigenvalue weighted by atomic mass is 16.6. The third-order valence-corrected chi connectivity index (χ3v) is 5.39. The first-order valence-electron chi connectivity index (χ1n) is 13.4. The van der Waals surface area contributed by atoms with E-state index in [1.807, 2.05) is 50.3 Å². The minimum Gasteiger partial charge on any atom is -0.468 e. The summed E-state index contributed by atoms with van der Waals surface area (Å²) in [5, 5.41) is 2.33. The Morgan fingerprint density at radius 1 is 0.700 bits per heavy atom. The zero-order valence-corrected chi connectivity index (χ0v) is 25.3. The molecule has 0 aliphatic heterocycles. The molecule has 1 N–H and O–H groups in total. The summed E-state index contributed by atoms with van der Waals surface area (Å²) < 4.78 is 9.53. The lowest BCUT2D eigenvalue weighted by Crippen LogP contribution is -2.30. The number of allylic oxidation sites excluding steroid dienone is 20. The summed E-state index contributed by atoms with van der Waals surface area (Å²) in [5.74, 6) is -0.523. The van der Waals surface area contributed by atoms with Crippen molar-refractivity contribution in [3.05, 3.63) is 131 Å². The van der Waals surface area contributed by atoms with Gasteiger partial charge >= 0.3 is 12.1 Å². The summed E-state index contributed by atoms with van der Waals surface area (Å²) in [6, 6.07) is 0. The highest BCUT2D eigenvalue weighted by Gasteiger charge is 2.05. The molecule has 5 heteroatoms. The van der Waals surface area contributed by atoms with Gasteiger partial charge in [0.05, 0.1) is 7.11 Å². The van der Waals surface area contributed by atoms with E-state index in [1.54, 1.807) is 0 Å². The van der Waals surface area contributed by atoms with Gasteiger partial charge in [0.2, 0.25) is 0 Å². The fraction of sp³-hybridized carbons (Fsp3) is 0.314. The molecule has 0 saturated carbocycles. The van der Waals surface area contributed by atoms with Crippen LogP contribution in [0.4, 0.5) is 4.79 Å². The first kappa shape index (κ1) is 35.9. The molecular weight excluding hydrogens is 498 g/mol. The maximum absolute atomic E-state index is 11.5. The molecule has 1 amide bonds. The minimum atomic E-state index is -0.643. The quantitative estimate of drug-likeness (QED) is 0.120. The van der Waals surface area contributed by atoms with Crippen LogP contribution in [-0.2, 0) is 14.3 Å². The summed E-state index contributed by atoms with van der Waals surface area (Å²) >= 11 is 0. The number of rotatable bonds is 16. The van der Waals surface area contributed by atoms with Gasteiger partial charge in [0, 0.05) is 0 Å². The van der Waals surface area contributed by atoms with Gasteiger partial charge in [-0.2, -0.15) is 0 Å². The van der Waals surface area contributed by atoms with Crippen molar-refractivity contribution in [1.29, 1.82) is 0 Å². The van der Waals surface area contributed by atoms with Gasteiger partial charge in [-0.15, -0.1) is 0 Å². The Balaban J connectivity index is 4.55. The average molecular weight is 546 g/mol. The molecule has 0 fully saturated rings. The molecule has 0 aromatic heterocycles. The zero-order chi connectivity index (χ0) is 30.2. The first-order valence-corrected chi connectivity index (χ1v) is 13.4. The van der Waals surface area contributed by atoms with E-state index >= 15 is 0 Å². The van der Waals surface area contributed by atoms with Crippen LogP contribution in [0.3, 0.4) is 0 Å². The van der Waals surface area contributed by atoms with Crippen LogP contribution in [0.15, 0.2) is 131 Å². The van der Waals surface area contributed by atoms with Gasteiger partial charge < -0.3 is 14.8 Å². The van der Waals surface area contributed by atoms with E-state index in [0.29, 0.717) is 0 Å². The van der Waals surface area contributed by atoms with Gasteiger partial charge in [0.1, 0.15) is 13.2 Å². The van der Waals surface area contributed by atoms with Crippen molar-refractivity contribution >= 4 is 12.1 Å². The van der Waals surface area contributed by atoms with Crippen molar-refractivity contribution in [1.82, 2.24) is 5.32 Å². The van der Waals surface area contributed by atoms with Crippen molar-refractivity contribution in [2.45, 2.75) is 54.4 Å². The minimum absolute atomic E-state index is 0.181. The lowest BCUT2D eigenvalue weighted by molar-refractivity contribution is -0.139. The van der Waals surface area contributed by atoms with Crippen LogP contribution in [0.1, 0.15) is 54.4 Å². The van der Waals surface area contributed by atoms with Gasteiger partial charge in [0.15, 0.2) is 0 Å². The Morgan fingerprint density at radius 2 is 1.20 bits per heavy atom. The second kappa shape index (κ2) is 22.8. The molecule has 0 radical (unpaired) electrons. The van der Waals surface area contributed by atoms with E-state index in [-0.39, 0.29) is 13.2 Å². The lowest BCUT2D eigenvalue weighted by Gasteiger charge is -2.06. The number of hydrogen-bond donors (Lipinski definition) is 1. The Hall–Kier alpha value is -4.12. The largest absolute Gasteiger partial charge is 0.468 e. The molecule has 0 bridgehead atoms. The first-order chi connectivity index (χ1) is 19.1. The molecule has 0 heterocycles. The van der Waals surface area contributed by atoms with Crippen LogP contribution in [0.25, 0.3) is 0 Å². The van der Waals surface area contributed by atoms with Crippen molar-refractivity contribution in [3.63, 3.8) is 0 Å². The second-order valence-corrected chi connectivity index (χ2v) is 9.42. The molecule has 40 heavy (non-hydrogen) atoms. The Bertz CT molecular complexity index is 1130. The normalized spacial score (nSPS) is 14.6. The maximum Gasteiger partial charge on any atom is 0.407 e. The third-order valence-electron chi connectivity index (χ3n) is 5.39. The van der Waals surface area contributed by atoms with Crippen molar-refractivity contribution in [3.8, 4) is 0 Å². The predicted molar refractivity (Wildman–Crippen MR) is 170 cm³/mol. The summed E-state index contributed by atoms with van der Waals surface area (Å²) in [6.07, 6.45) is 31.9. The standard InChI is InChI=1S/C35H47NO4/c1-9-28(2)18-12-19-29(3)16-10-11-17-30(4)20-13-21-31(5)22-14-23-32(6)24-15-25-33(7)27-40-35(38)36-26-34(37)39-8/h9-14,16-23,25H,1,15,24,26-27H2,2-8H3,(H,36,38). The van der Waals surface area contributed by atoms with E-state index in [4.69, 9.17) is 4.74 Å². The Kier molecular flexibility index (Phi) is 20.5. The van der Waals surface area contributed by atoms with Crippen LogP contribution in [0.5, 0.6) is 0 Å². The van der Waals surface area contributed by atoms with Crippen LogP contribution in [0.2, 0.25) is 0 Å². The predicted octanol–water partition coefficient (Wildman–Crippen LogP) is 8.75. The lowest BCUT2D eigenvalue weighted by atomic mass is 10.1. The van der Waals surface area contributed by atoms with Gasteiger partial charge in [0.25, 0.3) is 0 Å². The average Bonchev–Trinajstić information content (AvgIpc) is 2.92. The topological polar surface area (TPSA) is 64.6 Å². The van der Waals surface area contributed by atoms with Crippen LogP contribution >= 0.6 is 0 Å². The van der Waals surface area contributed by atoms with E-state index in [1.165, 1.54) is 23.8 Å². The zero-order valence-electron chi connectivity index (χ0n) is 25.3. The number of ether oxygens (including phenoxy) is 2. The van der Waals surface area contributed by atoms with E-state index in [9.17, 15) is 9.59 Å². The fourth-order valence-corrected chi connectivity index (χ4v) is 2.85. The number of hydrogen-bond acceptors (Lipinski definition) is 4. The molecule has 0 aliphatic carbocycles. The van der Waals surface area contributed by atoms with E-state index in [2.05, 4.69) is 99.0 Å². The van der Waals surface area contributed by atoms with Gasteiger partial charge in [-0.25, -0.2) is 4.79 Å². The highest BCUT2D eigenvalue weighted by molar-refractivity contribution is 5.77. The highest BCUT2D eigenvalue weighted by Crippen LogP contribution is 2.08. The fourth-order valence-electron chi connectivity index (χ4n) is 2.85. The third kappa shape index (κ3) is 21.9. The van der Waals surface area contributed by atoms with E-state index in [0.717, 1.165) is 29.6 Å². The number of amides is 1.